The maximum Gasteiger partial charge on any atom is 0.610 e. The van der Waals surface area contributed by atoms with Gasteiger partial charge in [0, 0.05) is 12.4 Å². The van der Waals surface area contributed by atoms with Gasteiger partial charge in [0.1, 0.15) is 0 Å². The summed E-state index contributed by atoms with van der Waals surface area (Å²) in [5, 5.41) is 0. The van der Waals surface area contributed by atoms with Crippen molar-refractivity contribution >= 4 is 13.0 Å². The first-order valence-corrected chi connectivity index (χ1v) is 2.36. The molecule has 0 radical (unpaired) electrons. The first-order chi connectivity index (χ1) is 4.30. The molecule has 0 amide bonds. The normalized spacial score (nSPS) is 9.11. The Morgan fingerprint density at radius 2 is 1.78 bits per heavy atom. The van der Waals surface area contributed by atoms with Crippen LogP contribution in [0.5, 0.6) is 0 Å². The monoisotopic (exact) mass is 128 g/mol. The van der Waals surface area contributed by atoms with Crippen LogP contribution in [0.15, 0.2) is 18.5 Å². The van der Waals surface area contributed by atoms with Crippen molar-refractivity contribution < 1.29 is 8.63 Å². The third-order valence-electron chi connectivity index (χ3n) is 0.781. The van der Waals surface area contributed by atoms with Gasteiger partial charge >= 0.3 is 7.27 Å². The summed E-state index contributed by atoms with van der Waals surface area (Å²) in [6.45, 7) is 0. The summed E-state index contributed by atoms with van der Waals surface area (Å²) < 4.78 is 23.3. The molecule has 0 aliphatic heterocycles. The van der Waals surface area contributed by atoms with Gasteiger partial charge in [0.2, 0.25) is 0 Å². The van der Waals surface area contributed by atoms with E-state index in [1.807, 2.05) is 0 Å². The van der Waals surface area contributed by atoms with E-state index in [1.54, 1.807) is 0 Å². The zero-order valence-corrected chi connectivity index (χ0v) is 4.46. The number of hydrogen-bond acceptors (Lipinski definition) is 2. The highest BCUT2D eigenvalue weighted by Crippen LogP contribution is 1.81. The standard InChI is InChI=1S/C4H3BF2N2/c6-5(7)4-8-2-1-3-9-4/h1-3H. The molecule has 0 spiro atoms. The van der Waals surface area contributed by atoms with Crippen LogP contribution >= 0.6 is 0 Å². The minimum atomic E-state index is -2.56. The number of halogens is 2. The van der Waals surface area contributed by atoms with Gasteiger partial charge in [-0.15, -0.1) is 0 Å². The molecular formula is C4H3BF2N2. The van der Waals surface area contributed by atoms with Gasteiger partial charge in [-0.05, 0) is 6.07 Å². The second-order valence-corrected chi connectivity index (χ2v) is 1.41. The predicted molar refractivity (Wildman–Crippen MR) is 29.6 cm³/mol. The highest BCUT2D eigenvalue weighted by molar-refractivity contribution is 6.57. The lowest BCUT2D eigenvalue weighted by Crippen LogP contribution is -2.26. The molecule has 1 aromatic heterocycles. The average molecular weight is 128 g/mol. The second-order valence-electron chi connectivity index (χ2n) is 1.41. The van der Waals surface area contributed by atoms with Crippen LogP contribution in [0, 0.1) is 0 Å². The summed E-state index contributed by atoms with van der Waals surface area (Å²) in [6.07, 6.45) is 2.57. The fourth-order valence-corrected chi connectivity index (χ4v) is 0.423. The van der Waals surface area contributed by atoms with Gasteiger partial charge in [-0.1, -0.05) is 0 Å². The van der Waals surface area contributed by atoms with Gasteiger partial charge in [0.15, 0.2) is 5.72 Å². The molecular weight excluding hydrogens is 125 g/mol. The molecule has 0 unspecified atom stereocenters. The molecule has 0 aliphatic rings. The van der Waals surface area contributed by atoms with E-state index in [-0.39, 0.29) is 0 Å². The van der Waals surface area contributed by atoms with Crippen LogP contribution in [0.1, 0.15) is 0 Å². The van der Waals surface area contributed by atoms with E-state index in [0.29, 0.717) is 0 Å². The van der Waals surface area contributed by atoms with Crippen molar-refractivity contribution in [2.75, 3.05) is 0 Å². The average Bonchev–Trinajstić information content (AvgIpc) is 1.90. The maximum absolute atomic E-state index is 11.6. The van der Waals surface area contributed by atoms with Crippen molar-refractivity contribution in [3.05, 3.63) is 18.5 Å². The zero-order valence-electron chi connectivity index (χ0n) is 4.46. The Morgan fingerprint density at radius 1 is 1.22 bits per heavy atom. The zero-order chi connectivity index (χ0) is 6.69. The summed E-state index contributed by atoms with van der Waals surface area (Å²) in [6, 6.07) is 1.49. The van der Waals surface area contributed by atoms with Crippen molar-refractivity contribution in [3.63, 3.8) is 0 Å². The highest BCUT2D eigenvalue weighted by atomic mass is 19.2. The molecule has 2 nitrogen and oxygen atoms in total. The topological polar surface area (TPSA) is 25.8 Å². The van der Waals surface area contributed by atoms with E-state index in [1.165, 1.54) is 18.5 Å². The Bertz CT molecular complexity index is 179. The van der Waals surface area contributed by atoms with Crippen LogP contribution in [-0.2, 0) is 0 Å². The Kier molecular flexibility index (Phi) is 1.72. The van der Waals surface area contributed by atoms with Crippen LogP contribution < -0.4 is 5.72 Å². The smallest absolute Gasteiger partial charge is 0.278 e. The lowest BCUT2D eigenvalue weighted by molar-refractivity contribution is 0.678. The molecule has 0 bridgehead atoms. The third-order valence-corrected chi connectivity index (χ3v) is 0.781. The molecule has 1 heterocycles. The summed E-state index contributed by atoms with van der Waals surface area (Å²) in [4.78, 5) is 6.63. The van der Waals surface area contributed by atoms with Crippen molar-refractivity contribution in [3.8, 4) is 0 Å². The number of aromatic nitrogens is 2. The predicted octanol–water partition coefficient (Wildman–Crippen LogP) is 0.111. The van der Waals surface area contributed by atoms with E-state index in [0.717, 1.165) is 0 Å². The molecule has 0 aromatic carbocycles. The fourth-order valence-electron chi connectivity index (χ4n) is 0.423. The molecule has 1 aromatic rings. The van der Waals surface area contributed by atoms with E-state index in [4.69, 9.17) is 0 Å². The van der Waals surface area contributed by atoms with E-state index >= 15 is 0 Å². The molecule has 0 N–H and O–H groups in total. The first kappa shape index (κ1) is 6.13. The molecule has 0 atom stereocenters. The summed E-state index contributed by atoms with van der Waals surface area (Å²) >= 11 is 0. The highest BCUT2D eigenvalue weighted by Gasteiger charge is 2.18. The third kappa shape index (κ3) is 1.45. The lowest BCUT2D eigenvalue weighted by atomic mass is 9.98. The maximum atomic E-state index is 11.6. The molecule has 5 heteroatoms. The molecule has 0 saturated heterocycles. The molecule has 0 aliphatic carbocycles. The van der Waals surface area contributed by atoms with Crippen LogP contribution in [0.3, 0.4) is 0 Å². The second kappa shape index (κ2) is 2.52. The van der Waals surface area contributed by atoms with Gasteiger partial charge in [0.25, 0.3) is 0 Å². The molecule has 9 heavy (non-hydrogen) atoms. The first-order valence-electron chi connectivity index (χ1n) is 2.36. The van der Waals surface area contributed by atoms with Crippen LogP contribution in [0.25, 0.3) is 0 Å². The number of nitrogens with zero attached hydrogens (tertiary/aromatic N) is 2. The fraction of sp³-hybridized carbons (Fsp3) is 0. The van der Waals surface area contributed by atoms with Gasteiger partial charge in [0.05, 0.1) is 0 Å². The van der Waals surface area contributed by atoms with Crippen LogP contribution in [0.4, 0.5) is 8.63 Å². The minimum Gasteiger partial charge on any atom is -0.278 e. The van der Waals surface area contributed by atoms with Crippen molar-refractivity contribution in [1.82, 2.24) is 9.97 Å². The van der Waals surface area contributed by atoms with Crippen molar-refractivity contribution in [2.45, 2.75) is 0 Å². The van der Waals surface area contributed by atoms with E-state index in [9.17, 15) is 8.63 Å². The van der Waals surface area contributed by atoms with Gasteiger partial charge in [-0.3, -0.25) is 8.63 Å². The Hall–Kier alpha value is -0.995. The quantitative estimate of drug-likeness (QED) is 0.501. The molecule has 0 fully saturated rings. The van der Waals surface area contributed by atoms with Gasteiger partial charge in [-0.2, -0.15) is 0 Å². The molecule has 0 saturated carbocycles. The van der Waals surface area contributed by atoms with E-state index in [2.05, 4.69) is 9.97 Å². The SMILES string of the molecule is FB(F)c1ncccn1. The summed E-state index contributed by atoms with van der Waals surface area (Å²) in [5.41, 5.74) is -0.419. The summed E-state index contributed by atoms with van der Waals surface area (Å²) in [7, 11) is -2.56. The number of rotatable bonds is 1. The van der Waals surface area contributed by atoms with Crippen molar-refractivity contribution in [2.24, 2.45) is 0 Å². The van der Waals surface area contributed by atoms with Crippen LogP contribution in [-0.4, -0.2) is 17.2 Å². The molecule has 46 valence electrons. The Balaban J connectivity index is 2.85. The molecule has 1 rings (SSSR count). The summed E-state index contributed by atoms with van der Waals surface area (Å²) in [5.74, 6) is 0. The van der Waals surface area contributed by atoms with E-state index < -0.39 is 13.0 Å². The van der Waals surface area contributed by atoms with Gasteiger partial charge in [-0.25, -0.2) is 9.97 Å². The van der Waals surface area contributed by atoms with Crippen LogP contribution in [0.2, 0.25) is 0 Å². The van der Waals surface area contributed by atoms with Gasteiger partial charge < -0.3 is 0 Å². The number of hydrogen-bond donors (Lipinski definition) is 0. The van der Waals surface area contributed by atoms with Crippen molar-refractivity contribution in [1.29, 1.82) is 0 Å². The largest absolute Gasteiger partial charge is 0.610 e. The Morgan fingerprint density at radius 3 is 2.11 bits per heavy atom. The minimum absolute atomic E-state index is 0.419. The Labute approximate surface area is 51.1 Å². The lowest BCUT2D eigenvalue weighted by Gasteiger charge is -1.88.